The lowest BCUT2D eigenvalue weighted by Gasteiger charge is -2.07. The lowest BCUT2D eigenvalue weighted by molar-refractivity contribution is -0.115. The van der Waals surface area contributed by atoms with E-state index in [1.165, 1.54) is 11.0 Å². The molecule has 0 saturated heterocycles. The van der Waals surface area contributed by atoms with Crippen LogP contribution in [0.2, 0.25) is 5.02 Å². The number of nitrogens with one attached hydrogen (secondary N) is 1. The summed E-state index contributed by atoms with van der Waals surface area (Å²) >= 11 is 6.05. The molecular weight excluding hydrogens is 302 g/mol. The minimum absolute atomic E-state index is 0.122. The second kappa shape index (κ2) is 6.36. The van der Waals surface area contributed by atoms with Crippen molar-refractivity contribution in [3.63, 3.8) is 0 Å². The Labute approximate surface area is 131 Å². The molecule has 2 aromatic carbocycles. The largest absolute Gasteiger partial charge is 0.326 e. The second-order valence-electron chi connectivity index (χ2n) is 4.62. The van der Waals surface area contributed by atoms with Gasteiger partial charge in [-0.2, -0.15) is 0 Å². The summed E-state index contributed by atoms with van der Waals surface area (Å²) in [4.78, 5) is 12.0. The van der Waals surface area contributed by atoms with Crippen LogP contribution in [0.1, 0.15) is 5.56 Å². The maximum Gasteiger partial charge on any atom is 0.228 e. The fourth-order valence-corrected chi connectivity index (χ4v) is 2.20. The highest BCUT2D eigenvalue weighted by molar-refractivity contribution is 6.31. The van der Waals surface area contributed by atoms with Crippen molar-refractivity contribution in [2.24, 2.45) is 0 Å². The van der Waals surface area contributed by atoms with Crippen molar-refractivity contribution in [2.75, 3.05) is 5.32 Å². The lowest BCUT2D eigenvalue weighted by Crippen LogP contribution is -2.14. The normalized spacial score (nSPS) is 10.4. The summed E-state index contributed by atoms with van der Waals surface area (Å²) in [5.74, 6) is -0.122. The van der Waals surface area contributed by atoms with Crippen molar-refractivity contribution in [3.8, 4) is 5.69 Å². The van der Waals surface area contributed by atoms with Crippen molar-refractivity contribution < 1.29 is 4.79 Å². The molecule has 7 heteroatoms. The highest BCUT2D eigenvalue weighted by Gasteiger charge is 2.07. The van der Waals surface area contributed by atoms with Crippen LogP contribution in [0.3, 0.4) is 0 Å². The fraction of sp³-hybridized carbons (Fsp3) is 0.0667. The van der Waals surface area contributed by atoms with Crippen molar-refractivity contribution in [1.82, 2.24) is 20.2 Å². The summed E-state index contributed by atoms with van der Waals surface area (Å²) in [7, 11) is 0. The van der Waals surface area contributed by atoms with Gasteiger partial charge in [-0.1, -0.05) is 29.8 Å². The number of tetrazole rings is 1. The first kappa shape index (κ1) is 14.2. The van der Waals surface area contributed by atoms with Crippen LogP contribution in [-0.2, 0) is 11.2 Å². The Morgan fingerprint density at radius 1 is 1.14 bits per heavy atom. The molecule has 0 bridgehead atoms. The number of benzene rings is 2. The molecule has 3 rings (SSSR count). The molecule has 0 unspecified atom stereocenters. The van der Waals surface area contributed by atoms with E-state index in [0.29, 0.717) is 10.7 Å². The van der Waals surface area contributed by atoms with Gasteiger partial charge in [0.2, 0.25) is 5.91 Å². The molecule has 0 aliphatic rings. The van der Waals surface area contributed by atoms with Crippen LogP contribution in [0.25, 0.3) is 5.69 Å². The third-order valence-electron chi connectivity index (χ3n) is 3.07. The number of aromatic nitrogens is 4. The molecule has 0 aliphatic carbocycles. The summed E-state index contributed by atoms with van der Waals surface area (Å²) in [6, 6.07) is 14.5. The van der Waals surface area contributed by atoms with E-state index < -0.39 is 0 Å². The number of hydrogen-bond donors (Lipinski definition) is 1. The first-order valence-corrected chi connectivity index (χ1v) is 6.97. The SMILES string of the molecule is O=C(Cc1ccccc1Cl)Nc1ccc(-n2cnnn2)cc1. The number of rotatable bonds is 4. The summed E-state index contributed by atoms with van der Waals surface area (Å²) in [6.07, 6.45) is 1.74. The average Bonchev–Trinajstić information content (AvgIpc) is 3.05. The topological polar surface area (TPSA) is 72.7 Å². The van der Waals surface area contributed by atoms with E-state index in [2.05, 4.69) is 20.8 Å². The number of nitrogens with zero attached hydrogens (tertiary/aromatic N) is 4. The summed E-state index contributed by atoms with van der Waals surface area (Å²) in [6.45, 7) is 0. The van der Waals surface area contributed by atoms with Gasteiger partial charge < -0.3 is 5.32 Å². The van der Waals surface area contributed by atoms with Crippen LogP contribution in [0.5, 0.6) is 0 Å². The van der Waals surface area contributed by atoms with E-state index in [0.717, 1.165) is 11.3 Å². The smallest absolute Gasteiger partial charge is 0.228 e. The average molecular weight is 314 g/mol. The molecule has 0 atom stereocenters. The maximum atomic E-state index is 12.0. The number of carbonyl (C=O) groups excluding carboxylic acids is 1. The van der Waals surface area contributed by atoms with Gasteiger partial charge in [0.25, 0.3) is 0 Å². The Morgan fingerprint density at radius 3 is 2.59 bits per heavy atom. The highest BCUT2D eigenvalue weighted by atomic mass is 35.5. The number of amides is 1. The maximum absolute atomic E-state index is 12.0. The zero-order chi connectivity index (χ0) is 15.4. The van der Waals surface area contributed by atoms with Gasteiger partial charge in [-0.25, -0.2) is 4.68 Å². The zero-order valence-corrected chi connectivity index (χ0v) is 12.2. The van der Waals surface area contributed by atoms with Crippen LogP contribution < -0.4 is 5.32 Å². The summed E-state index contributed by atoms with van der Waals surface area (Å²) < 4.78 is 1.54. The van der Waals surface area contributed by atoms with E-state index in [-0.39, 0.29) is 12.3 Å². The lowest BCUT2D eigenvalue weighted by atomic mass is 10.1. The minimum Gasteiger partial charge on any atom is -0.326 e. The van der Waals surface area contributed by atoms with E-state index in [4.69, 9.17) is 11.6 Å². The summed E-state index contributed by atoms with van der Waals surface area (Å²) in [5.41, 5.74) is 2.31. The van der Waals surface area contributed by atoms with Gasteiger partial charge in [0.15, 0.2) is 0 Å². The van der Waals surface area contributed by atoms with E-state index >= 15 is 0 Å². The Morgan fingerprint density at radius 2 is 1.91 bits per heavy atom. The standard InChI is InChI=1S/C15H12ClN5O/c16-14-4-2-1-3-11(14)9-15(22)18-12-5-7-13(8-6-12)21-10-17-19-20-21/h1-8,10H,9H2,(H,18,22). The third kappa shape index (κ3) is 3.29. The quantitative estimate of drug-likeness (QED) is 0.803. The van der Waals surface area contributed by atoms with Crippen LogP contribution >= 0.6 is 11.6 Å². The van der Waals surface area contributed by atoms with E-state index in [9.17, 15) is 4.79 Å². The number of hydrogen-bond acceptors (Lipinski definition) is 4. The van der Waals surface area contributed by atoms with Gasteiger partial charge in [0.1, 0.15) is 6.33 Å². The van der Waals surface area contributed by atoms with Gasteiger partial charge in [-0.15, -0.1) is 5.10 Å². The Hall–Kier alpha value is -2.73. The van der Waals surface area contributed by atoms with Gasteiger partial charge in [0, 0.05) is 10.7 Å². The first-order valence-electron chi connectivity index (χ1n) is 6.59. The molecule has 3 aromatic rings. The van der Waals surface area contributed by atoms with Crippen molar-refractivity contribution in [2.45, 2.75) is 6.42 Å². The highest BCUT2D eigenvalue weighted by Crippen LogP contribution is 2.17. The number of carbonyl (C=O) groups is 1. The molecule has 1 N–H and O–H groups in total. The van der Waals surface area contributed by atoms with Crippen LogP contribution in [0.15, 0.2) is 54.9 Å². The molecule has 1 amide bonds. The first-order chi connectivity index (χ1) is 10.7. The summed E-state index contributed by atoms with van der Waals surface area (Å²) in [5, 5.41) is 14.4. The Balaban J connectivity index is 1.66. The molecule has 0 aliphatic heterocycles. The molecule has 0 spiro atoms. The predicted octanol–water partition coefficient (Wildman–Crippen LogP) is 2.50. The molecule has 0 saturated carbocycles. The van der Waals surface area contributed by atoms with Crippen molar-refractivity contribution in [3.05, 3.63) is 65.4 Å². The Bertz CT molecular complexity index is 771. The molecule has 0 fully saturated rings. The molecule has 1 aromatic heterocycles. The molecular formula is C15H12ClN5O. The van der Waals surface area contributed by atoms with E-state index in [1.807, 2.05) is 30.3 Å². The van der Waals surface area contributed by atoms with Gasteiger partial charge >= 0.3 is 0 Å². The number of anilines is 1. The molecule has 110 valence electrons. The molecule has 6 nitrogen and oxygen atoms in total. The van der Waals surface area contributed by atoms with Crippen molar-refractivity contribution in [1.29, 1.82) is 0 Å². The fourth-order valence-electron chi connectivity index (χ4n) is 2.00. The molecule has 0 radical (unpaired) electrons. The van der Waals surface area contributed by atoms with Gasteiger partial charge in [-0.3, -0.25) is 4.79 Å². The second-order valence-corrected chi connectivity index (χ2v) is 5.02. The van der Waals surface area contributed by atoms with Crippen LogP contribution in [0.4, 0.5) is 5.69 Å². The predicted molar refractivity (Wildman–Crippen MR) is 82.9 cm³/mol. The Kier molecular flexibility index (Phi) is 4.11. The molecule has 22 heavy (non-hydrogen) atoms. The van der Waals surface area contributed by atoms with Crippen LogP contribution in [-0.4, -0.2) is 26.1 Å². The third-order valence-corrected chi connectivity index (χ3v) is 3.44. The minimum atomic E-state index is -0.122. The van der Waals surface area contributed by atoms with Gasteiger partial charge in [0.05, 0.1) is 12.1 Å². The van der Waals surface area contributed by atoms with Crippen molar-refractivity contribution >= 4 is 23.2 Å². The monoisotopic (exact) mass is 313 g/mol. The van der Waals surface area contributed by atoms with Crippen LogP contribution in [0, 0.1) is 0 Å². The number of halogens is 1. The molecule has 1 heterocycles. The zero-order valence-electron chi connectivity index (χ0n) is 11.5. The van der Waals surface area contributed by atoms with E-state index in [1.54, 1.807) is 18.2 Å². The van der Waals surface area contributed by atoms with Gasteiger partial charge in [-0.05, 0) is 46.3 Å².